The van der Waals surface area contributed by atoms with Crippen molar-refractivity contribution >= 4 is 11.5 Å². The summed E-state index contributed by atoms with van der Waals surface area (Å²) in [5.74, 6) is -0.379. The van der Waals surface area contributed by atoms with Crippen LogP contribution in [0.5, 0.6) is 0 Å². The van der Waals surface area contributed by atoms with Gasteiger partial charge in [-0.25, -0.2) is 0 Å². The van der Waals surface area contributed by atoms with Gasteiger partial charge in [-0.3, -0.25) is 9.69 Å². The van der Waals surface area contributed by atoms with Crippen molar-refractivity contribution in [3.8, 4) is 0 Å². The fourth-order valence-corrected chi connectivity index (χ4v) is 5.56. The molecule has 3 heteroatoms. The van der Waals surface area contributed by atoms with Gasteiger partial charge < -0.3 is 5.73 Å². The number of nitrogens with two attached hydrogens (primary N) is 1. The molecule has 32 heavy (non-hydrogen) atoms. The Hall–Kier alpha value is -3.17. The van der Waals surface area contributed by atoms with E-state index in [4.69, 9.17) is 5.73 Å². The number of piperidine rings is 1. The van der Waals surface area contributed by atoms with E-state index in [2.05, 4.69) is 77.7 Å². The molecule has 2 aliphatic heterocycles. The molecule has 3 aromatic carbocycles. The molecule has 2 saturated heterocycles. The molecule has 1 amide bonds. The predicted molar refractivity (Wildman–Crippen MR) is 130 cm³/mol. The quantitative estimate of drug-likeness (QED) is 0.574. The van der Waals surface area contributed by atoms with Crippen molar-refractivity contribution in [3.05, 3.63) is 113 Å². The first-order valence-corrected chi connectivity index (χ1v) is 11.7. The van der Waals surface area contributed by atoms with E-state index in [0.29, 0.717) is 17.6 Å². The van der Waals surface area contributed by atoms with E-state index in [9.17, 15) is 4.79 Å². The second-order valence-corrected chi connectivity index (χ2v) is 9.05. The number of rotatable bonds is 6. The molecule has 0 aromatic heterocycles. The van der Waals surface area contributed by atoms with Crippen molar-refractivity contribution in [2.75, 3.05) is 6.54 Å². The lowest BCUT2D eigenvalue weighted by atomic mass is 9.85. The van der Waals surface area contributed by atoms with Crippen LogP contribution in [0.25, 0.3) is 5.57 Å². The lowest BCUT2D eigenvalue weighted by Crippen LogP contribution is -2.41. The molecule has 2 N–H and O–H groups in total. The summed E-state index contributed by atoms with van der Waals surface area (Å²) in [7, 11) is 0. The normalized spacial score (nSPS) is 22.0. The number of hydrogen-bond acceptors (Lipinski definition) is 2. The maximum absolute atomic E-state index is 11.6. The van der Waals surface area contributed by atoms with Gasteiger partial charge in [0.1, 0.15) is 0 Å². The van der Waals surface area contributed by atoms with Gasteiger partial charge >= 0.3 is 0 Å². The van der Waals surface area contributed by atoms with E-state index in [0.717, 1.165) is 25.8 Å². The number of hydrogen-bond donors (Lipinski definition) is 1. The van der Waals surface area contributed by atoms with Crippen LogP contribution in [0.1, 0.15) is 52.7 Å². The number of carbonyl (C=O) groups excluding carboxylic acids is 1. The minimum atomic E-state index is -0.379. The lowest BCUT2D eigenvalue weighted by Gasteiger charge is -2.37. The lowest BCUT2D eigenvalue weighted by molar-refractivity contribution is 0.100. The Balaban J connectivity index is 1.43. The van der Waals surface area contributed by atoms with Crippen LogP contribution in [0.2, 0.25) is 0 Å². The van der Waals surface area contributed by atoms with Gasteiger partial charge in [-0.15, -0.1) is 0 Å². The molecule has 3 aromatic rings. The highest BCUT2D eigenvalue weighted by atomic mass is 16.1. The Bertz CT molecular complexity index is 1090. The summed E-state index contributed by atoms with van der Waals surface area (Å²) < 4.78 is 0. The molecule has 0 unspecified atom stereocenters. The molecule has 2 aliphatic rings. The van der Waals surface area contributed by atoms with E-state index in [-0.39, 0.29) is 5.91 Å². The van der Waals surface area contributed by atoms with Crippen molar-refractivity contribution in [2.45, 2.75) is 44.2 Å². The number of carbonyl (C=O) groups is 1. The second kappa shape index (κ2) is 9.13. The van der Waals surface area contributed by atoms with Crippen molar-refractivity contribution in [3.63, 3.8) is 0 Å². The van der Waals surface area contributed by atoms with Gasteiger partial charge in [0.2, 0.25) is 5.91 Å². The molecule has 2 atom stereocenters. The van der Waals surface area contributed by atoms with Crippen molar-refractivity contribution in [1.29, 1.82) is 0 Å². The average molecular weight is 423 g/mol. The minimum Gasteiger partial charge on any atom is -0.366 e. The second-order valence-electron chi connectivity index (χ2n) is 9.05. The average Bonchev–Trinajstić information content (AvgIpc) is 3.07. The van der Waals surface area contributed by atoms with E-state index < -0.39 is 0 Å². The Morgan fingerprint density at radius 3 is 1.88 bits per heavy atom. The minimum absolute atomic E-state index is 0.379. The molecule has 3 nitrogen and oxygen atoms in total. The van der Waals surface area contributed by atoms with Crippen molar-refractivity contribution < 1.29 is 4.79 Å². The molecule has 2 heterocycles. The molecule has 5 rings (SSSR count). The third-order valence-corrected chi connectivity index (χ3v) is 7.11. The topological polar surface area (TPSA) is 46.3 Å². The highest BCUT2D eigenvalue weighted by molar-refractivity contribution is 5.93. The van der Waals surface area contributed by atoms with Gasteiger partial charge in [0.15, 0.2) is 0 Å². The van der Waals surface area contributed by atoms with Crippen molar-refractivity contribution in [1.82, 2.24) is 4.90 Å². The highest BCUT2D eigenvalue weighted by Crippen LogP contribution is 2.42. The van der Waals surface area contributed by atoms with Gasteiger partial charge in [-0.2, -0.15) is 0 Å². The summed E-state index contributed by atoms with van der Waals surface area (Å²) in [5, 5.41) is 0. The van der Waals surface area contributed by atoms with Crippen LogP contribution in [0.3, 0.4) is 0 Å². The van der Waals surface area contributed by atoms with Crippen LogP contribution in [0.15, 0.2) is 90.5 Å². The standard InChI is InChI=1S/C29H30N2O/c30-29(32)24-13-11-23(12-14-24)28(22-9-5-2-6-10-22)25-19-26-15-16-27(20-25)31(26)18-17-21-7-3-1-4-8-21/h1-14,26-27H,15-20H2,(H2,30,32)/t26-,27+. The molecule has 2 bridgehead atoms. The number of fused-ring (bicyclic) bond motifs is 2. The Kier molecular flexibility index (Phi) is 5.91. The largest absolute Gasteiger partial charge is 0.366 e. The first kappa shape index (κ1) is 20.7. The van der Waals surface area contributed by atoms with Crippen LogP contribution in [0, 0.1) is 0 Å². The monoisotopic (exact) mass is 422 g/mol. The van der Waals surface area contributed by atoms with Crippen LogP contribution >= 0.6 is 0 Å². The zero-order valence-corrected chi connectivity index (χ0v) is 18.4. The van der Waals surface area contributed by atoms with Gasteiger partial charge in [0, 0.05) is 24.2 Å². The molecule has 2 fully saturated rings. The third kappa shape index (κ3) is 4.26. The number of nitrogens with zero attached hydrogens (tertiary/aromatic N) is 1. The number of amides is 1. The predicted octanol–water partition coefficient (Wildman–Crippen LogP) is 5.46. The first-order valence-electron chi connectivity index (χ1n) is 11.7. The molecule has 0 radical (unpaired) electrons. The van der Waals surface area contributed by atoms with Gasteiger partial charge in [-0.1, -0.05) is 78.4 Å². The summed E-state index contributed by atoms with van der Waals surface area (Å²) in [6.07, 6.45) is 5.92. The van der Waals surface area contributed by atoms with Gasteiger partial charge in [0.05, 0.1) is 0 Å². The number of benzene rings is 3. The van der Waals surface area contributed by atoms with E-state index >= 15 is 0 Å². The highest BCUT2D eigenvalue weighted by Gasteiger charge is 2.39. The van der Waals surface area contributed by atoms with Gasteiger partial charge in [-0.05, 0) is 66.5 Å². The van der Waals surface area contributed by atoms with Crippen LogP contribution in [-0.4, -0.2) is 29.4 Å². The third-order valence-electron chi connectivity index (χ3n) is 7.11. The summed E-state index contributed by atoms with van der Waals surface area (Å²) in [6, 6.07) is 30.6. The fraction of sp³-hybridized carbons (Fsp3) is 0.276. The van der Waals surface area contributed by atoms with E-state index in [1.807, 2.05) is 12.1 Å². The van der Waals surface area contributed by atoms with E-state index in [1.54, 1.807) is 5.57 Å². The van der Waals surface area contributed by atoms with Gasteiger partial charge in [0.25, 0.3) is 0 Å². The summed E-state index contributed by atoms with van der Waals surface area (Å²) in [5.41, 5.74) is 12.8. The molecule has 0 spiro atoms. The fourth-order valence-electron chi connectivity index (χ4n) is 5.56. The maximum Gasteiger partial charge on any atom is 0.248 e. The Labute approximate surface area is 190 Å². The van der Waals surface area contributed by atoms with Crippen LogP contribution in [-0.2, 0) is 6.42 Å². The zero-order valence-electron chi connectivity index (χ0n) is 18.4. The maximum atomic E-state index is 11.6. The zero-order chi connectivity index (χ0) is 21.9. The smallest absolute Gasteiger partial charge is 0.248 e. The SMILES string of the molecule is NC(=O)c1ccc(C(=C2C[C@H]3CC[C@@H](C2)N3CCc2ccccc2)c2ccccc2)cc1. The summed E-state index contributed by atoms with van der Waals surface area (Å²) in [4.78, 5) is 14.3. The molecule has 162 valence electrons. The van der Waals surface area contributed by atoms with Crippen molar-refractivity contribution in [2.24, 2.45) is 5.73 Å². The summed E-state index contributed by atoms with van der Waals surface area (Å²) in [6.45, 7) is 1.14. The molecular weight excluding hydrogens is 392 g/mol. The van der Waals surface area contributed by atoms with Crippen LogP contribution < -0.4 is 5.73 Å². The molecular formula is C29H30N2O. The number of primary amides is 1. The Morgan fingerprint density at radius 1 is 0.750 bits per heavy atom. The molecule has 0 aliphatic carbocycles. The van der Waals surface area contributed by atoms with Crippen LogP contribution in [0.4, 0.5) is 0 Å². The van der Waals surface area contributed by atoms with E-state index in [1.165, 1.54) is 35.1 Å². The molecule has 0 saturated carbocycles. The first-order chi connectivity index (χ1) is 15.7. The summed E-state index contributed by atoms with van der Waals surface area (Å²) >= 11 is 0. The Morgan fingerprint density at radius 2 is 1.28 bits per heavy atom.